The summed E-state index contributed by atoms with van der Waals surface area (Å²) in [6.07, 6.45) is 3.38. The molecule has 0 aliphatic carbocycles. The zero-order chi connectivity index (χ0) is 19.8. The third-order valence-corrected chi connectivity index (χ3v) is 5.63. The third-order valence-electron chi connectivity index (χ3n) is 4.71. The largest absolute Gasteiger partial charge is 0.383 e. The van der Waals surface area contributed by atoms with Gasteiger partial charge in [-0.3, -0.25) is 4.79 Å². The van der Waals surface area contributed by atoms with Crippen molar-refractivity contribution >= 4 is 23.5 Å². The van der Waals surface area contributed by atoms with Crippen LogP contribution in [-0.2, 0) is 16.9 Å². The Labute approximate surface area is 171 Å². The fourth-order valence-corrected chi connectivity index (χ4v) is 3.91. The second-order valence-electron chi connectivity index (χ2n) is 6.78. The number of nitrogens with zero attached hydrogens (tertiary/aromatic N) is 3. The number of ether oxygens (including phenoxy) is 1. The number of anilines is 1. The summed E-state index contributed by atoms with van der Waals surface area (Å²) in [5.74, 6) is 1.75. The Balaban J connectivity index is 1.60. The molecular formula is C21H28N4O2S. The van der Waals surface area contributed by atoms with Crippen LogP contribution in [0.2, 0.25) is 0 Å². The summed E-state index contributed by atoms with van der Waals surface area (Å²) in [5, 5.41) is 3.65. The molecule has 6 nitrogen and oxygen atoms in total. The van der Waals surface area contributed by atoms with Crippen LogP contribution in [0.3, 0.4) is 0 Å². The summed E-state index contributed by atoms with van der Waals surface area (Å²) in [5.41, 5.74) is 2.89. The summed E-state index contributed by atoms with van der Waals surface area (Å²) in [6.45, 7) is 5.31. The molecule has 1 aromatic heterocycles. The van der Waals surface area contributed by atoms with Crippen molar-refractivity contribution in [3.8, 4) is 0 Å². The van der Waals surface area contributed by atoms with Crippen molar-refractivity contribution in [2.45, 2.75) is 37.1 Å². The number of hydrogen-bond acceptors (Lipinski definition) is 6. The quantitative estimate of drug-likeness (QED) is 0.396. The zero-order valence-corrected chi connectivity index (χ0v) is 17.4. The van der Waals surface area contributed by atoms with Crippen LogP contribution in [0, 0.1) is 0 Å². The second kappa shape index (κ2) is 10.4. The van der Waals surface area contributed by atoms with Crippen molar-refractivity contribution in [2.24, 2.45) is 0 Å². The number of hydrogen-bond donors (Lipinski definition) is 1. The van der Waals surface area contributed by atoms with Crippen LogP contribution in [0.25, 0.3) is 0 Å². The molecule has 1 saturated heterocycles. The molecule has 7 heteroatoms. The highest BCUT2D eigenvalue weighted by Crippen LogP contribution is 2.25. The van der Waals surface area contributed by atoms with Crippen molar-refractivity contribution in [2.75, 3.05) is 38.3 Å². The standard InChI is InChI=1S/C21H28N4O2S/c1-3-18-14-19(25-11-4-5-12-25)24-21(23-18)28-15-16-6-8-17(9-7-16)20(26)22-10-13-27-2/h6-9,14H,3-5,10-13,15H2,1-2H3,(H,22,26). The minimum Gasteiger partial charge on any atom is -0.383 e. The summed E-state index contributed by atoms with van der Waals surface area (Å²) >= 11 is 1.64. The van der Waals surface area contributed by atoms with Crippen LogP contribution in [0.5, 0.6) is 0 Å². The van der Waals surface area contributed by atoms with Gasteiger partial charge >= 0.3 is 0 Å². The molecule has 0 atom stereocenters. The highest BCUT2D eigenvalue weighted by molar-refractivity contribution is 7.98. The van der Waals surface area contributed by atoms with Gasteiger partial charge in [0, 0.05) is 49.8 Å². The van der Waals surface area contributed by atoms with Crippen LogP contribution in [0.15, 0.2) is 35.5 Å². The van der Waals surface area contributed by atoms with Gasteiger partial charge < -0.3 is 15.0 Å². The minimum absolute atomic E-state index is 0.0783. The van der Waals surface area contributed by atoms with E-state index in [1.165, 1.54) is 12.8 Å². The van der Waals surface area contributed by atoms with Gasteiger partial charge in [-0.2, -0.15) is 0 Å². The van der Waals surface area contributed by atoms with E-state index in [1.54, 1.807) is 18.9 Å². The van der Waals surface area contributed by atoms with Gasteiger partial charge in [0.05, 0.1) is 6.61 Å². The summed E-state index contributed by atoms with van der Waals surface area (Å²) in [6, 6.07) is 9.81. The Morgan fingerprint density at radius 2 is 1.96 bits per heavy atom. The van der Waals surface area contributed by atoms with Gasteiger partial charge in [-0.15, -0.1) is 0 Å². The van der Waals surface area contributed by atoms with E-state index in [9.17, 15) is 4.79 Å². The van der Waals surface area contributed by atoms with Gasteiger partial charge in [0.15, 0.2) is 5.16 Å². The maximum atomic E-state index is 12.0. The van der Waals surface area contributed by atoms with E-state index in [1.807, 2.05) is 24.3 Å². The minimum atomic E-state index is -0.0783. The number of methoxy groups -OCH3 is 1. The first-order chi connectivity index (χ1) is 13.7. The Morgan fingerprint density at radius 3 is 2.64 bits per heavy atom. The fourth-order valence-electron chi connectivity index (χ4n) is 3.08. The van der Waals surface area contributed by atoms with Crippen molar-refractivity contribution < 1.29 is 9.53 Å². The topological polar surface area (TPSA) is 67.4 Å². The average Bonchev–Trinajstić information content (AvgIpc) is 3.27. The highest BCUT2D eigenvalue weighted by Gasteiger charge is 2.16. The molecule has 1 fully saturated rings. The molecule has 0 bridgehead atoms. The number of nitrogens with one attached hydrogen (secondary N) is 1. The number of amides is 1. The Bertz CT molecular complexity index is 776. The SMILES string of the molecule is CCc1cc(N2CCCC2)nc(SCc2ccc(C(=O)NCCOC)cc2)n1. The molecular weight excluding hydrogens is 372 g/mol. The van der Waals surface area contributed by atoms with Gasteiger partial charge in [0.25, 0.3) is 5.91 Å². The molecule has 1 aromatic carbocycles. The van der Waals surface area contributed by atoms with Crippen LogP contribution in [0.1, 0.15) is 41.4 Å². The Morgan fingerprint density at radius 1 is 1.21 bits per heavy atom. The highest BCUT2D eigenvalue weighted by atomic mass is 32.2. The lowest BCUT2D eigenvalue weighted by atomic mass is 10.1. The monoisotopic (exact) mass is 400 g/mol. The second-order valence-corrected chi connectivity index (χ2v) is 7.72. The van der Waals surface area contributed by atoms with E-state index in [2.05, 4.69) is 28.2 Å². The summed E-state index contributed by atoms with van der Waals surface area (Å²) < 4.78 is 4.95. The van der Waals surface area contributed by atoms with Crippen molar-refractivity contribution in [3.05, 3.63) is 47.2 Å². The Hall–Kier alpha value is -2.12. The normalized spacial score (nSPS) is 13.7. The molecule has 0 radical (unpaired) electrons. The average molecular weight is 401 g/mol. The van der Waals surface area contributed by atoms with Gasteiger partial charge in [-0.05, 0) is 37.0 Å². The zero-order valence-electron chi connectivity index (χ0n) is 16.6. The number of carbonyl (C=O) groups excluding carboxylic acids is 1. The van der Waals surface area contributed by atoms with Gasteiger partial charge in [-0.25, -0.2) is 9.97 Å². The lowest BCUT2D eigenvalue weighted by Crippen LogP contribution is -2.26. The molecule has 0 spiro atoms. The molecule has 1 amide bonds. The molecule has 2 heterocycles. The first-order valence-electron chi connectivity index (χ1n) is 9.81. The van der Waals surface area contributed by atoms with Crippen molar-refractivity contribution in [1.82, 2.24) is 15.3 Å². The lowest BCUT2D eigenvalue weighted by molar-refractivity contribution is 0.0937. The number of aryl methyl sites for hydroxylation is 1. The Kier molecular flexibility index (Phi) is 7.68. The van der Waals surface area contributed by atoms with E-state index in [0.717, 1.165) is 47.5 Å². The first-order valence-corrected chi connectivity index (χ1v) is 10.8. The third kappa shape index (κ3) is 5.69. The van der Waals surface area contributed by atoms with Crippen molar-refractivity contribution in [1.29, 1.82) is 0 Å². The molecule has 1 aliphatic rings. The number of rotatable bonds is 9. The van der Waals surface area contributed by atoms with Crippen LogP contribution in [-0.4, -0.2) is 49.2 Å². The maximum Gasteiger partial charge on any atom is 0.251 e. The van der Waals surface area contributed by atoms with Gasteiger partial charge in [-0.1, -0.05) is 30.8 Å². The van der Waals surface area contributed by atoms with Gasteiger partial charge in [0.2, 0.25) is 0 Å². The number of thioether (sulfide) groups is 1. The van der Waals surface area contributed by atoms with E-state index in [0.29, 0.717) is 18.7 Å². The molecule has 1 N–H and O–H groups in total. The molecule has 150 valence electrons. The van der Waals surface area contributed by atoms with E-state index in [4.69, 9.17) is 9.72 Å². The molecule has 28 heavy (non-hydrogen) atoms. The molecule has 3 rings (SSSR count). The molecule has 1 aliphatic heterocycles. The predicted molar refractivity (Wildman–Crippen MR) is 113 cm³/mol. The smallest absolute Gasteiger partial charge is 0.251 e. The van der Waals surface area contributed by atoms with Crippen LogP contribution in [0.4, 0.5) is 5.82 Å². The molecule has 0 unspecified atom stereocenters. The predicted octanol–water partition coefficient (Wildman–Crippen LogP) is 3.31. The number of benzene rings is 1. The fraction of sp³-hybridized carbons (Fsp3) is 0.476. The van der Waals surface area contributed by atoms with E-state index < -0.39 is 0 Å². The first kappa shape index (κ1) is 20.6. The summed E-state index contributed by atoms with van der Waals surface area (Å²) in [7, 11) is 1.62. The molecule has 0 saturated carbocycles. The van der Waals surface area contributed by atoms with E-state index in [-0.39, 0.29) is 5.91 Å². The lowest BCUT2D eigenvalue weighted by Gasteiger charge is -2.17. The van der Waals surface area contributed by atoms with Crippen LogP contribution >= 0.6 is 11.8 Å². The van der Waals surface area contributed by atoms with Crippen molar-refractivity contribution in [3.63, 3.8) is 0 Å². The number of aromatic nitrogens is 2. The summed E-state index contributed by atoms with van der Waals surface area (Å²) in [4.78, 5) is 23.8. The number of carbonyl (C=O) groups is 1. The van der Waals surface area contributed by atoms with Gasteiger partial charge in [0.1, 0.15) is 5.82 Å². The molecule has 2 aromatic rings. The van der Waals surface area contributed by atoms with E-state index >= 15 is 0 Å². The van der Waals surface area contributed by atoms with Crippen LogP contribution < -0.4 is 10.2 Å². The maximum absolute atomic E-state index is 12.0.